The molecule has 1 unspecified atom stereocenters. The van der Waals surface area contributed by atoms with Crippen molar-refractivity contribution in [3.05, 3.63) is 35.9 Å². The lowest BCUT2D eigenvalue weighted by molar-refractivity contribution is -0.151. The summed E-state index contributed by atoms with van der Waals surface area (Å²) >= 11 is 0. The van der Waals surface area contributed by atoms with Gasteiger partial charge in [0, 0.05) is 13.2 Å². The Morgan fingerprint density at radius 3 is 2.07 bits per heavy atom. The smallest absolute Gasteiger partial charge is 0.408 e. The molecule has 5 amide bonds. The molecule has 0 bridgehead atoms. The van der Waals surface area contributed by atoms with E-state index in [1.54, 1.807) is 39.8 Å². The van der Waals surface area contributed by atoms with Crippen LogP contribution < -0.4 is 26.8 Å². The van der Waals surface area contributed by atoms with Crippen LogP contribution in [0.15, 0.2) is 30.3 Å². The van der Waals surface area contributed by atoms with Crippen molar-refractivity contribution in [3.63, 3.8) is 0 Å². The van der Waals surface area contributed by atoms with Crippen LogP contribution in [0.1, 0.15) is 79.7 Å². The lowest BCUT2D eigenvalue weighted by Crippen LogP contribution is -2.59. The maximum atomic E-state index is 12.9. The number of ether oxygens (including phenoxy) is 4. The van der Waals surface area contributed by atoms with Crippen molar-refractivity contribution >= 4 is 29.9 Å². The van der Waals surface area contributed by atoms with Crippen LogP contribution in [0.2, 0.25) is 0 Å². The van der Waals surface area contributed by atoms with Gasteiger partial charge in [0.2, 0.25) is 0 Å². The Bertz CT molecular complexity index is 1070. The van der Waals surface area contributed by atoms with E-state index in [-0.39, 0.29) is 13.2 Å². The van der Waals surface area contributed by atoms with Gasteiger partial charge >= 0.3 is 18.1 Å². The van der Waals surface area contributed by atoms with Gasteiger partial charge in [0.15, 0.2) is 6.04 Å². The summed E-state index contributed by atoms with van der Waals surface area (Å²) in [5.74, 6) is -2.23. The van der Waals surface area contributed by atoms with Crippen molar-refractivity contribution in [1.82, 2.24) is 26.8 Å². The van der Waals surface area contributed by atoms with Crippen LogP contribution in [0.4, 0.5) is 9.59 Å². The highest BCUT2D eigenvalue weighted by atomic mass is 16.6. The Hall–Kier alpha value is -3.91. The number of carbonyl (C=O) groups is 5. The molecule has 0 saturated carbocycles. The van der Waals surface area contributed by atoms with E-state index in [2.05, 4.69) is 26.8 Å². The van der Waals surface area contributed by atoms with Gasteiger partial charge in [-0.2, -0.15) is 0 Å². The molecule has 1 aromatic carbocycles. The fourth-order valence-electron chi connectivity index (χ4n) is 3.54. The number of hydrogen-bond donors (Lipinski definition) is 5. The molecule has 0 aliphatic rings. The molecular weight excluding hydrogens is 586 g/mol. The van der Waals surface area contributed by atoms with Crippen LogP contribution in [0.3, 0.4) is 0 Å². The molecule has 0 aliphatic heterocycles. The second-order valence-corrected chi connectivity index (χ2v) is 11.4. The minimum absolute atomic E-state index is 0.00703. The zero-order valence-corrected chi connectivity index (χ0v) is 27.5. The van der Waals surface area contributed by atoms with E-state index in [0.29, 0.717) is 13.2 Å². The highest BCUT2D eigenvalue weighted by molar-refractivity contribution is 5.91. The van der Waals surface area contributed by atoms with Gasteiger partial charge in [-0.25, -0.2) is 14.4 Å². The van der Waals surface area contributed by atoms with Crippen molar-refractivity contribution in [2.24, 2.45) is 0 Å². The lowest BCUT2D eigenvalue weighted by atomic mass is 10.1. The number of carbonyl (C=O) groups excluding carboxylic acids is 5. The third-order valence-electron chi connectivity index (χ3n) is 6.10. The Morgan fingerprint density at radius 1 is 0.822 bits per heavy atom. The summed E-state index contributed by atoms with van der Waals surface area (Å²) < 4.78 is 21.9. The van der Waals surface area contributed by atoms with E-state index in [1.807, 2.05) is 32.0 Å². The number of rotatable bonds is 18. The summed E-state index contributed by atoms with van der Waals surface area (Å²) in [7, 11) is 0. The molecule has 14 nitrogen and oxygen atoms in total. The highest BCUT2D eigenvalue weighted by Gasteiger charge is 2.31. The summed E-state index contributed by atoms with van der Waals surface area (Å²) in [5, 5.41) is 7.39. The minimum atomic E-state index is -1.17. The third-order valence-corrected chi connectivity index (χ3v) is 6.10. The zero-order chi connectivity index (χ0) is 33.8. The number of nitrogens with one attached hydrogen (secondary N) is 5. The first-order valence-electron chi connectivity index (χ1n) is 15.3. The molecule has 254 valence electrons. The van der Waals surface area contributed by atoms with E-state index < -0.39 is 59.7 Å². The van der Waals surface area contributed by atoms with Gasteiger partial charge in [0.05, 0.1) is 12.7 Å². The van der Waals surface area contributed by atoms with Crippen LogP contribution in [0, 0.1) is 0 Å². The Kier molecular flexibility index (Phi) is 18.2. The molecule has 0 radical (unpaired) electrons. The number of amides is 5. The summed E-state index contributed by atoms with van der Waals surface area (Å²) in [6, 6.07) is 4.79. The molecule has 0 fully saturated rings. The third kappa shape index (κ3) is 17.2. The predicted molar refractivity (Wildman–Crippen MR) is 167 cm³/mol. The molecule has 14 heteroatoms. The fourth-order valence-corrected chi connectivity index (χ4v) is 3.54. The van der Waals surface area contributed by atoms with Crippen molar-refractivity contribution in [1.29, 1.82) is 0 Å². The number of esters is 1. The van der Waals surface area contributed by atoms with Crippen molar-refractivity contribution in [2.45, 2.75) is 111 Å². The van der Waals surface area contributed by atoms with Crippen molar-refractivity contribution in [2.75, 3.05) is 19.8 Å². The molecule has 0 saturated heterocycles. The Labute approximate surface area is 266 Å². The maximum absolute atomic E-state index is 12.9. The van der Waals surface area contributed by atoms with Crippen molar-refractivity contribution < 1.29 is 42.9 Å². The molecular formula is C31H51N5O9. The second-order valence-electron chi connectivity index (χ2n) is 11.4. The van der Waals surface area contributed by atoms with Gasteiger partial charge in [-0.1, -0.05) is 57.0 Å². The lowest BCUT2D eigenvalue weighted by Gasteiger charge is -2.25. The number of hydrogen-bond acceptors (Lipinski definition) is 9. The van der Waals surface area contributed by atoms with E-state index in [4.69, 9.17) is 18.9 Å². The molecule has 1 aromatic rings. The SMILES string of the molecule is CCCCOC[C@H](NC(=O)OC(C)(C)C)C(=O)NNC(=O)[C@H](C)NC(=O)N[C@H](C(=O)OCc1ccccc1)C(C)OCCCC. The summed E-state index contributed by atoms with van der Waals surface area (Å²) in [4.78, 5) is 63.4. The second kappa shape index (κ2) is 20.9. The number of alkyl carbamates (subject to hydrolysis) is 1. The van der Waals surface area contributed by atoms with E-state index in [9.17, 15) is 24.0 Å². The van der Waals surface area contributed by atoms with Crippen LogP contribution in [-0.2, 0) is 39.9 Å². The monoisotopic (exact) mass is 637 g/mol. The van der Waals surface area contributed by atoms with E-state index in [0.717, 1.165) is 31.2 Å². The maximum Gasteiger partial charge on any atom is 0.408 e. The molecule has 4 atom stereocenters. The largest absolute Gasteiger partial charge is 0.459 e. The average Bonchev–Trinajstić information content (AvgIpc) is 2.98. The van der Waals surface area contributed by atoms with Crippen LogP contribution in [-0.4, -0.2) is 79.6 Å². The normalized spacial score (nSPS) is 13.8. The minimum Gasteiger partial charge on any atom is -0.459 e. The standard InChI is InChI=1S/C31H51N5O9/c1-8-10-17-42-20-24(33-30(41)45-31(5,6)7)27(38)36-35-26(37)21(3)32-29(40)34-25(22(4)43-18-11-9-2)28(39)44-19-23-15-13-12-14-16-23/h12-16,21-22,24-25H,8-11,17-20H2,1-7H3,(H,33,41)(H,35,37)(H,36,38)(H2,32,34,40)/t21-,22?,24-,25-/m0/s1. The summed E-state index contributed by atoms with van der Waals surface area (Å²) in [6.45, 7) is 12.7. The Morgan fingerprint density at radius 2 is 1.44 bits per heavy atom. The van der Waals surface area contributed by atoms with Gasteiger partial charge < -0.3 is 34.9 Å². The van der Waals surface area contributed by atoms with E-state index >= 15 is 0 Å². The van der Waals surface area contributed by atoms with Gasteiger partial charge in [-0.3, -0.25) is 20.4 Å². The van der Waals surface area contributed by atoms with Gasteiger partial charge in [-0.05, 0) is 53.0 Å². The van der Waals surface area contributed by atoms with Crippen LogP contribution >= 0.6 is 0 Å². The first-order chi connectivity index (χ1) is 21.3. The molecule has 0 aromatic heterocycles. The number of hydrazine groups is 1. The van der Waals surface area contributed by atoms with Crippen LogP contribution in [0.5, 0.6) is 0 Å². The zero-order valence-electron chi connectivity index (χ0n) is 27.5. The van der Waals surface area contributed by atoms with Crippen LogP contribution in [0.25, 0.3) is 0 Å². The van der Waals surface area contributed by atoms with Crippen molar-refractivity contribution in [3.8, 4) is 0 Å². The molecule has 1 rings (SSSR count). The molecule has 0 aliphatic carbocycles. The Balaban J connectivity index is 2.76. The molecule has 0 heterocycles. The molecule has 0 spiro atoms. The van der Waals surface area contributed by atoms with E-state index in [1.165, 1.54) is 6.92 Å². The highest BCUT2D eigenvalue weighted by Crippen LogP contribution is 2.08. The van der Waals surface area contributed by atoms with Gasteiger partial charge in [-0.15, -0.1) is 0 Å². The quantitative estimate of drug-likeness (QED) is 0.0918. The topological polar surface area (TPSA) is 182 Å². The van der Waals surface area contributed by atoms with Gasteiger partial charge in [0.25, 0.3) is 11.8 Å². The number of benzene rings is 1. The van der Waals surface area contributed by atoms with Gasteiger partial charge in [0.1, 0.15) is 24.3 Å². The number of unbranched alkanes of at least 4 members (excludes halogenated alkanes) is 2. The predicted octanol–water partition coefficient (Wildman–Crippen LogP) is 2.85. The first-order valence-corrected chi connectivity index (χ1v) is 15.3. The summed E-state index contributed by atoms with van der Waals surface area (Å²) in [5.41, 5.74) is 4.43. The average molecular weight is 638 g/mol. The fraction of sp³-hybridized carbons (Fsp3) is 0.645. The summed E-state index contributed by atoms with van der Waals surface area (Å²) in [6.07, 6.45) is 1.75. The molecule has 45 heavy (non-hydrogen) atoms. The number of urea groups is 1. The molecule has 5 N–H and O–H groups in total. The first kappa shape index (κ1) is 39.1.